The number of imidazole rings is 1. The van der Waals surface area contributed by atoms with Crippen LogP contribution >= 0.6 is 0 Å². The van der Waals surface area contributed by atoms with Crippen LogP contribution in [0.2, 0.25) is 0 Å². The van der Waals surface area contributed by atoms with Crippen LogP contribution in [0.5, 0.6) is 0 Å². The zero-order valence-electron chi connectivity index (χ0n) is 16.1. The minimum atomic E-state index is -1.20. The number of anilines is 1. The molecule has 0 spiro atoms. The lowest BCUT2D eigenvalue weighted by Gasteiger charge is -2.26. The smallest absolute Gasteiger partial charge is 0.320 e. The van der Waals surface area contributed by atoms with Crippen molar-refractivity contribution in [1.29, 1.82) is 0 Å². The van der Waals surface area contributed by atoms with E-state index < -0.39 is 36.6 Å². The number of aromatic nitrogens is 4. The van der Waals surface area contributed by atoms with Crippen LogP contribution in [0, 0.1) is 0 Å². The van der Waals surface area contributed by atoms with Crippen molar-refractivity contribution in [3.63, 3.8) is 0 Å². The van der Waals surface area contributed by atoms with Crippen molar-refractivity contribution >= 4 is 23.0 Å². The summed E-state index contributed by atoms with van der Waals surface area (Å²) < 4.78 is 7.46. The van der Waals surface area contributed by atoms with E-state index in [1.807, 2.05) is 11.8 Å². The molecule has 2 aromatic heterocycles. The molecule has 7 N–H and O–H groups in total. The van der Waals surface area contributed by atoms with Crippen molar-refractivity contribution in [2.45, 2.75) is 50.3 Å². The van der Waals surface area contributed by atoms with E-state index in [1.165, 1.54) is 17.2 Å². The molecule has 1 aliphatic heterocycles. The summed E-state index contributed by atoms with van der Waals surface area (Å²) in [7, 11) is 0. The van der Waals surface area contributed by atoms with E-state index in [-0.39, 0.29) is 12.2 Å². The average molecular weight is 409 g/mol. The summed E-state index contributed by atoms with van der Waals surface area (Å²) in [5, 5.41) is 30.0. The molecule has 0 radical (unpaired) electrons. The fourth-order valence-corrected chi connectivity index (χ4v) is 3.48. The summed E-state index contributed by atoms with van der Waals surface area (Å²) in [6, 6.07) is -0.954. The van der Waals surface area contributed by atoms with Gasteiger partial charge in [0.15, 0.2) is 17.7 Å². The van der Waals surface area contributed by atoms with E-state index in [0.29, 0.717) is 30.8 Å². The third kappa shape index (κ3) is 4.46. The van der Waals surface area contributed by atoms with Gasteiger partial charge in [-0.15, -0.1) is 0 Å². The molecule has 1 aliphatic rings. The van der Waals surface area contributed by atoms with Gasteiger partial charge in [-0.25, -0.2) is 15.0 Å². The zero-order chi connectivity index (χ0) is 21.1. The van der Waals surface area contributed by atoms with Crippen LogP contribution < -0.4 is 11.5 Å². The van der Waals surface area contributed by atoms with Crippen LogP contribution in [0.3, 0.4) is 0 Å². The van der Waals surface area contributed by atoms with Gasteiger partial charge in [0.2, 0.25) is 0 Å². The van der Waals surface area contributed by atoms with Crippen molar-refractivity contribution in [2.75, 3.05) is 25.4 Å². The minimum absolute atomic E-state index is 0.210. The Bertz CT molecular complexity index is 847. The fraction of sp³-hybridized carbons (Fsp3) is 0.647. The van der Waals surface area contributed by atoms with Gasteiger partial charge in [-0.3, -0.25) is 9.36 Å². The van der Waals surface area contributed by atoms with Gasteiger partial charge in [0.05, 0.1) is 6.33 Å². The van der Waals surface area contributed by atoms with Crippen molar-refractivity contribution in [1.82, 2.24) is 24.4 Å². The number of nitrogens with zero attached hydrogens (tertiary/aromatic N) is 5. The predicted octanol–water partition coefficient (Wildman–Crippen LogP) is -1.46. The number of fused-ring (bicyclic) bond motifs is 1. The maximum atomic E-state index is 10.9. The summed E-state index contributed by atoms with van der Waals surface area (Å²) in [5.41, 5.74) is 12.2. The molecular formula is C17H27N7O5. The Morgan fingerprint density at radius 1 is 1.31 bits per heavy atom. The van der Waals surface area contributed by atoms with Crippen molar-refractivity contribution < 1.29 is 24.9 Å². The summed E-state index contributed by atoms with van der Waals surface area (Å²) in [4.78, 5) is 25.1. The quantitative estimate of drug-likeness (QED) is 0.326. The topological polar surface area (TPSA) is 186 Å². The summed E-state index contributed by atoms with van der Waals surface area (Å²) in [6.45, 7) is 3.43. The maximum absolute atomic E-state index is 10.9. The highest BCUT2D eigenvalue weighted by Gasteiger charge is 2.44. The molecule has 0 saturated carbocycles. The van der Waals surface area contributed by atoms with Gasteiger partial charge >= 0.3 is 5.97 Å². The first kappa shape index (κ1) is 21.3. The Balaban J connectivity index is 1.72. The third-order valence-electron chi connectivity index (χ3n) is 5.05. The largest absolute Gasteiger partial charge is 0.480 e. The molecule has 1 fully saturated rings. The van der Waals surface area contributed by atoms with Gasteiger partial charge in [0, 0.05) is 13.1 Å². The lowest BCUT2D eigenvalue weighted by Crippen LogP contribution is -2.42. The number of hydrogen-bond donors (Lipinski definition) is 5. The molecule has 0 aliphatic carbocycles. The summed E-state index contributed by atoms with van der Waals surface area (Å²) in [5.74, 6) is -0.843. The molecule has 29 heavy (non-hydrogen) atoms. The van der Waals surface area contributed by atoms with Crippen molar-refractivity contribution in [3.8, 4) is 0 Å². The number of aliphatic carboxylic acids is 1. The maximum Gasteiger partial charge on any atom is 0.320 e. The number of ether oxygens (including phenoxy) is 1. The first-order valence-electron chi connectivity index (χ1n) is 9.48. The first-order chi connectivity index (χ1) is 13.8. The molecule has 0 amide bonds. The number of aliphatic hydroxyl groups excluding tert-OH is 2. The lowest BCUT2D eigenvalue weighted by molar-refractivity contribution is -0.138. The van der Waals surface area contributed by atoms with Gasteiger partial charge in [0.25, 0.3) is 0 Å². The molecule has 12 heteroatoms. The second-order valence-corrected chi connectivity index (χ2v) is 7.16. The van der Waals surface area contributed by atoms with Crippen LogP contribution in [-0.2, 0) is 9.53 Å². The Labute approximate surface area is 167 Å². The number of carboxylic acids is 1. The number of carboxylic acid groups (broad SMARTS) is 1. The van der Waals surface area contributed by atoms with Crippen molar-refractivity contribution in [2.24, 2.45) is 5.73 Å². The number of hydrogen-bond acceptors (Lipinski definition) is 10. The predicted molar refractivity (Wildman–Crippen MR) is 103 cm³/mol. The lowest BCUT2D eigenvalue weighted by atomic mass is 10.1. The highest BCUT2D eigenvalue weighted by atomic mass is 16.6. The van der Waals surface area contributed by atoms with E-state index >= 15 is 0 Å². The first-order valence-corrected chi connectivity index (χ1v) is 9.48. The van der Waals surface area contributed by atoms with Crippen LogP contribution in [0.1, 0.15) is 26.0 Å². The Kier molecular flexibility index (Phi) is 6.59. The molecule has 3 rings (SSSR count). The second kappa shape index (κ2) is 8.97. The van der Waals surface area contributed by atoms with Crippen LogP contribution in [0.15, 0.2) is 12.7 Å². The van der Waals surface area contributed by atoms with Gasteiger partial charge < -0.3 is 36.4 Å². The molecule has 3 heterocycles. The average Bonchev–Trinajstić information content (AvgIpc) is 3.23. The SMILES string of the molecule is CCCN(CC[C@H](N)C(=O)O)C[C@H]1O[C@@H](n2cnc3c(N)ncnc32)C(O)[C@H]1O. The Morgan fingerprint density at radius 3 is 2.76 bits per heavy atom. The van der Waals surface area contributed by atoms with Crippen LogP contribution in [-0.4, -0.2) is 89.7 Å². The van der Waals surface area contributed by atoms with Gasteiger partial charge in [-0.2, -0.15) is 0 Å². The zero-order valence-corrected chi connectivity index (χ0v) is 16.1. The summed E-state index contributed by atoms with van der Waals surface area (Å²) >= 11 is 0. The number of carbonyl (C=O) groups is 1. The van der Waals surface area contributed by atoms with E-state index in [0.717, 1.165) is 6.42 Å². The Morgan fingerprint density at radius 2 is 2.07 bits per heavy atom. The molecule has 160 valence electrons. The highest BCUT2D eigenvalue weighted by molar-refractivity contribution is 5.81. The molecule has 0 aromatic carbocycles. The minimum Gasteiger partial charge on any atom is -0.480 e. The number of rotatable bonds is 9. The molecule has 2 aromatic rings. The van der Waals surface area contributed by atoms with E-state index in [9.17, 15) is 15.0 Å². The molecule has 0 bridgehead atoms. The molecular weight excluding hydrogens is 382 g/mol. The van der Waals surface area contributed by atoms with Gasteiger partial charge in [-0.1, -0.05) is 6.92 Å². The van der Waals surface area contributed by atoms with Crippen LogP contribution in [0.25, 0.3) is 11.2 Å². The number of aliphatic hydroxyl groups is 2. The number of nitrogens with two attached hydrogens (primary N) is 2. The number of nitrogen functional groups attached to an aromatic ring is 1. The molecule has 1 unspecified atom stereocenters. The second-order valence-electron chi connectivity index (χ2n) is 7.16. The summed E-state index contributed by atoms with van der Waals surface area (Å²) in [6.07, 6.45) is -0.0686. The fourth-order valence-electron chi connectivity index (χ4n) is 3.48. The normalized spacial score (nSPS) is 25.7. The van der Waals surface area contributed by atoms with Gasteiger partial charge in [0.1, 0.15) is 36.2 Å². The molecule has 1 saturated heterocycles. The molecule has 5 atom stereocenters. The van der Waals surface area contributed by atoms with Crippen molar-refractivity contribution in [3.05, 3.63) is 12.7 Å². The molecule has 12 nitrogen and oxygen atoms in total. The van der Waals surface area contributed by atoms with E-state index in [1.54, 1.807) is 0 Å². The van der Waals surface area contributed by atoms with E-state index in [2.05, 4.69) is 15.0 Å². The monoisotopic (exact) mass is 409 g/mol. The standard InChI is InChI=1S/C17H27N7O5/c1-2-4-23(5-3-9(18)17(27)28)6-10-12(25)13(26)16(29-10)24-8-22-11-14(19)20-7-21-15(11)24/h7-10,12-13,16,25-26H,2-6,18H2,1H3,(H,27,28)(H2,19,20,21)/t9-,10+,12-,13?,16+/m0/s1. The van der Waals surface area contributed by atoms with Crippen LogP contribution in [0.4, 0.5) is 5.82 Å². The van der Waals surface area contributed by atoms with Gasteiger partial charge in [-0.05, 0) is 19.4 Å². The third-order valence-corrected chi connectivity index (χ3v) is 5.05. The van der Waals surface area contributed by atoms with E-state index in [4.69, 9.17) is 21.3 Å². The highest BCUT2D eigenvalue weighted by Crippen LogP contribution is 2.32. The Hall–Kier alpha value is -2.38.